The molecule has 0 spiro atoms. The molecule has 2 heterocycles. The molecule has 0 saturated carbocycles. The largest absolute Gasteiger partial charge is 0.487 e. The second-order valence-electron chi connectivity index (χ2n) is 6.88. The molecule has 1 aliphatic heterocycles. The molecule has 7 heteroatoms. The molecule has 0 N–H and O–H groups in total. The highest BCUT2D eigenvalue weighted by atomic mass is 35.5. The van der Waals surface area contributed by atoms with Gasteiger partial charge in [-0.3, -0.25) is 4.79 Å². The Balaban J connectivity index is 1.43. The smallest absolute Gasteiger partial charge is 0.289 e. The van der Waals surface area contributed by atoms with Crippen LogP contribution in [0, 0.1) is 18.6 Å². The Morgan fingerprint density at radius 2 is 1.93 bits per heavy atom. The maximum Gasteiger partial charge on any atom is 0.289 e. The Kier molecular flexibility index (Phi) is 4.98. The number of piperidine rings is 1. The van der Waals surface area contributed by atoms with Crippen molar-refractivity contribution >= 4 is 28.5 Å². The van der Waals surface area contributed by atoms with E-state index in [0.717, 1.165) is 23.1 Å². The van der Waals surface area contributed by atoms with Crippen LogP contribution in [0.2, 0.25) is 5.02 Å². The average molecular weight is 406 g/mol. The van der Waals surface area contributed by atoms with Crippen molar-refractivity contribution in [3.05, 3.63) is 64.4 Å². The molecule has 3 aromatic rings. The molecule has 0 bridgehead atoms. The first-order valence-electron chi connectivity index (χ1n) is 9.02. The summed E-state index contributed by atoms with van der Waals surface area (Å²) in [5.41, 5.74) is 1.38. The van der Waals surface area contributed by atoms with Gasteiger partial charge >= 0.3 is 0 Å². The SMILES string of the molecule is Cc1c(C(=O)N2CCC(Oc3ccc(F)cc3F)CC2)oc2ccc(Cl)cc12. The molecular formula is C21H18ClF2NO3. The minimum atomic E-state index is -0.727. The fourth-order valence-corrected chi connectivity index (χ4v) is 3.64. The Morgan fingerprint density at radius 1 is 1.18 bits per heavy atom. The first kappa shape index (κ1) is 18.7. The molecule has 4 rings (SSSR count). The molecule has 1 aromatic heterocycles. The molecule has 1 saturated heterocycles. The van der Waals surface area contributed by atoms with Crippen LogP contribution in [0.4, 0.5) is 8.78 Å². The van der Waals surface area contributed by atoms with Crippen molar-refractivity contribution in [3.8, 4) is 5.75 Å². The van der Waals surface area contributed by atoms with Crippen molar-refractivity contribution in [2.24, 2.45) is 0 Å². The Hall–Kier alpha value is -2.60. The van der Waals surface area contributed by atoms with Gasteiger partial charge in [0.15, 0.2) is 17.3 Å². The van der Waals surface area contributed by atoms with Crippen molar-refractivity contribution in [2.45, 2.75) is 25.9 Å². The molecule has 1 amide bonds. The van der Waals surface area contributed by atoms with Crippen molar-refractivity contribution in [2.75, 3.05) is 13.1 Å². The maximum atomic E-state index is 13.8. The molecule has 0 atom stereocenters. The van der Waals surface area contributed by atoms with Gasteiger partial charge in [0.1, 0.15) is 17.5 Å². The van der Waals surface area contributed by atoms with Gasteiger partial charge in [0.2, 0.25) is 0 Å². The Morgan fingerprint density at radius 3 is 2.64 bits per heavy atom. The summed E-state index contributed by atoms with van der Waals surface area (Å²) in [4.78, 5) is 14.6. The second kappa shape index (κ2) is 7.43. The van der Waals surface area contributed by atoms with Crippen molar-refractivity contribution < 1.29 is 22.7 Å². The molecule has 1 aliphatic rings. The van der Waals surface area contributed by atoms with Crippen LogP contribution >= 0.6 is 11.6 Å². The van der Waals surface area contributed by atoms with Crippen LogP contribution in [-0.4, -0.2) is 30.0 Å². The number of carbonyl (C=O) groups excluding carboxylic acids is 1. The van der Waals surface area contributed by atoms with Gasteiger partial charge in [0.05, 0.1) is 0 Å². The molecule has 146 valence electrons. The highest BCUT2D eigenvalue weighted by Gasteiger charge is 2.28. The lowest BCUT2D eigenvalue weighted by Crippen LogP contribution is -2.41. The number of aryl methyl sites for hydroxylation is 1. The van der Waals surface area contributed by atoms with Gasteiger partial charge in [-0.05, 0) is 37.3 Å². The quantitative estimate of drug-likeness (QED) is 0.589. The zero-order valence-corrected chi connectivity index (χ0v) is 15.9. The third-order valence-electron chi connectivity index (χ3n) is 5.01. The number of nitrogens with zero attached hydrogens (tertiary/aromatic N) is 1. The van der Waals surface area contributed by atoms with Crippen molar-refractivity contribution in [1.29, 1.82) is 0 Å². The van der Waals surface area contributed by atoms with E-state index in [1.807, 2.05) is 6.92 Å². The number of rotatable bonds is 3. The van der Waals surface area contributed by atoms with E-state index in [2.05, 4.69) is 0 Å². The molecule has 0 radical (unpaired) electrons. The van der Waals surface area contributed by atoms with E-state index in [-0.39, 0.29) is 17.8 Å². The van der Waals surface area contributed by atoms with Crippen LogP contribution in [0.3, 0.4) is 0 Å². The average Bonchev–Trinajstić information content (AvgIpc) is 3.00. The minimum absolute atomic E-state index is 0.0242. The first-order valence-corrected chi connectivity index (χ1v) is 9.40. The number of halogens is 3. The third-order valence-corrected chi connectivity index (χ3v) is 5.24. The van der Waals surface area contributed by atoms with E-state index in [1.165, 1.54) is 6.07 Å². The number of furan rings is 1. The van der Waals surface area contributed by atoms with Crippen LogP contribution in [0.25, 0.3) is 11.0 Å². The number of likely N-dealkylation sites (tertiary alicyclic amines) is 1. The number of benzene rings is 2. The number of fused-ring (bicyclic) bond motifs is 1. The topological polar surface area (TPSA) is 42.7 Å². The van der Waals surface area contributed by atoms with E-state index in [0.29, 0.717) is 42.3 Å². The highest BCUT2D eigenvalue weighted by Crippen LogP contribution is 2.30. The summed E-state index contributed by atoms with van der Waals surface area (Å²) in [6.07, 6.45) is 0.862. The second-order valence-corrected chi connectivity index (χ2v) is 7.32. The molecule has 0 unspecified atom stereocenters. The molecular weight excluding hydrogens is 388 g/mol. The van der Waals surface area contributed by atoms with E-state index < -0.39 is 11.6 Å². The Bertz CT molecular complexity index is 1040. The summed E-state index contributed by atoms with van der Waals surface area (Å²) in [7, 11) is 0. The van der Waals surface area contributed by atoms with Crippen LogP contribution in [0.1, 0.15) is 29.0 Å². The number of hydrogen-bond donors (Lipinski definition) is 0. The molecule has 0 aliphatic carbocycles. The van der Waals surface area contributed by atoms with Gasteiger partial charge in [0.25, 0.3) is 5.91 Å². The predicted molar refractivity (Wildman–Crippen MR) is 102 cm³/mol. The fraction of sp³-hybridized carbons (Fsp3) is 0.286. The van der Waals surface area contributed by atoms with Gasteiger partial charge in [-0.25, -0.2) is 8.78 Å². The van der Waals surface area contributed by atoms with Gasteiger partial charge in [0, 0.05) is 48.0 Å². The summed E-state index contributed by atoms with van der Waals surface area (Å²) in [5, 5.41) is 1.40. The standard InChI is InChI=1S/C21H18ClF2NO3/c1-12-16-10-13(22)2-4-18(16)28-20(12)21(26)25-8-6-15(7-9-25)27-19-5-3-14(23)11-17(19)24/h2-5,10-11,15H,6-9H2,1H3. The number of amides is 1. The Labute approximate surface area is 165 Å². The van der Waals surface area contributed by atoms with Gasteiger partial charge < -0.3 is 14.1 Å². The lowest BCUT2D eigenvalue weighted by atomic mass is 10.1. The van der Waals surface area contributed by atoms with Crippen molar-refractivity contribution in [3.63, 3.8) is 0 Å². The van der Waals surface area contributed by atoms with Gasteiger partial charge in [-0.15, -0.1) is 0 Å². The van der Waals surface area contributed by atoms with E-state index in [1.54, 1.807) is 23.1 Å². The molecule has 28 heavy (non-hydrogen) atoms. The normalized spacial score (nSPS) is 15.2. The summed E-state index contributed by atoms with van der Waals surface area (Å²) in [6.45, 7) is 2.76. The van der Waals surface area contributed by atoms with E-state index in [4.69, 9.17) is 20.8 Å². The summed E-state index contributed by atoms with van der Waals surface area (Å²) < 4.78 is 38.2. The fourth-order valence-electron chi connectivity index (χ4n) is 3.47. The monoisotopic (exact) mass is 405 g/mol. The lowest BCUT2D eigenvalue weighted by Gasteiger charge is -2.31. The predicted octanol–water partition coefficient (Wildman–Crippen LogP) is 5.36. The van der Waals surface area contributed by atoms with Crippen LogP contribution < -0.4 is 4.74 Å². The third kappa shape index (κ3) is 3.56. The number of hydrogen-bond acceptors (Lipinski definition) is 3. The van der Waals surface area contributed by atoms with Crippen LogP contribution in [-0.2, 0) is 0 Å². The molecule has 2 aromatic carbocycles. The van der Waals surface area contributed by atoms with Crippen molar-refractivity contribution in [1.82, 2.24) is 4.90 Å². The number of ether oxygens (including phenoxy) is 1. The zero-order chi connectivity index (χ0) is 19.8. The molecule has 1 fully saturated rings. The first-order chi connectivity index (χ1) is 13.4. The van der Waals surface area contributed by atoms with Gasteiger partial charge in [-0.2, -0.15) is 0 Å². The van der Waals surface area contributed by atoms with Gasteiger partial charge in [-0.1, -0.05) is 11.6 Å². The number of carbonyl (C=O) groups is 1. The summed E-state index contributed by atoms with van der Waals surface area (Å²) in [6, 6.07) is 8.49. The molecule has 4 nitrogen and oxygen atoms in total. The lowest BCUT2D eigenvalue weighted by molar-refractivity contribution is 0.0561. The maximum absolute atomic E-state index is 13.8. The zero-order valence-electron chi connectivity index (χ0n) is 15.2. The summed E-state index contributed by atoms with van der Waals surface area (Å²) in [5.74, 6) is -1.23. The van der Waals surface area contributed by atoms with Crippen LogP contribution in [0.5, 0.6) is 5.75 Å². The minimum Gasteiger partial charge on any atom is -0.487 e. The van der Waals surface area contributed by atoms with Crippen LogP contribution in [0.15, 0.2) is 40.8 Å². The summed E-state index contributed by atoms with van der Waals surface area (Å²) >= 11 is 6.03. The van der Waals surface area contributed by atoms with E-state index >= 15 is 0 Å². The van der Waals surface area contributed by atoms with E-state index in [9.17, 15) is 13.6 Å². The highest BCUT2D eigenvalue weighted by molar-refractivity contribution is 6.31.